The number of nitrogens with one attached hydrogen (secondary N) is 2. The second-order valence-electron chi connectivity index (χ2n) is 8.99. The van der Waals surface area contributed by atoms with Crippen LogP contribution in [0.1, 0.15) is 46.1 Å². The number of piperidine rings is 1. The Bertz CT molecular complexity index is 665. The Labute approximate surface area is 177 Å². The van der Waals surface area contributed by atoms with Crippen LogP contribution in [0.5, 0.6) is 11.5 Å². The van der Waals surface area contributed by atoms with Gasteiger partial charge in [-0.05, 0) is 36.5 Å². The number of methoxy groups -OCH3 is 2. The molecule has 0 radical (unpaired) electrons. The Morgan fingerprint density at radius 1 is 1.17 bits per heavy atom. The van der Waals surface area contributed by atoms with Crippen LogP contribution in [0, 0.1) is 5.92 Å². The highest BCUT2D eigenvalue weighted by Crippen LogP contribution is 2.32. The molecular weight excluding hydrogens is 364 g/mol. The molecule has 0 amide bonds. The lowest BCUT2D eigenvalue weighted by molar-refractivity contribution is 0.187. The Hall–Kier alpha value is -1.95. The van der Waals surface area contributed by atoms with Crippen LogP contribution in [0.25, 0.3) is 0 Å². The zero-order valence-corrected chi connectivity index (χ0v) is 19.3. The average molecular weight is 405 g/mol. The van der Waals surface area contributed by atoms with Crippen molar-refractivity contribution in [1.29, 1.82) is 0 Å². The van der Waals surface area contributed by atoms with Crippen molar-refractivity contribution in [3.8, 4) is 11.5 Å². The third kappa shape index (κ3) is 6.81. The van der Waals surface area contributed by atoms with Gasteiger partial charge in [-0.3, -0.25) is 4.99 Å². The van der Waals surface area contributed by atoms with Crippen LogP contribution in [-0.4, -0.2) is 64.3 Å². The van der Waals surface area contributed by atoms with Crippen LogP contribution < -0.4 is 20.1 Å². The second-order valence-corrected chi connectivity index (χ2v) is 8.99. The molecule has 0 spiro atoms. The third-order valence-electron chi connectivity index (χ3n) is 5.64. The molecule has 6 nitrogen and oxygen atoms in total. The van der Waals surface area contributed by atoms with Crippen LogP contribution in [-0.2, 0) is 5.41 Å². The van der Waals surface area contributed by atoms with E-state index in [2.05, 4.69) is 60.4 Å². The van der Waals surface area contributed by atoms with Crippen molar-refractivity contribution in [3.63, 3.8) is 0 Å². The standard InChI is InChI=1S/C23H40N4O2/c1-17(2)15-27-12-10-19(11-13-27)26-22(24-5)25-16-23(3,4)18-8-9-20(28-6)21(14-18)29-7/h8-9,14,17,19H,10-13,15-16H2,1-7H3,(H2,24,25,26). The maximum atomic E-state index is 5.47. The van der Waals surface area contributed by atoms with Gasteiger partial charge >= 0.3 is 0 Å². The summed E-state index contributed by atoms with van der Waals surface area (Å²) in [5.74, 6) is 3.11. The molecule has 2 N–H and O–H groups in total. The predicted octanol–water partition coefficient (Wildman–Crippen LogP) is 3.27. The van der Waals surface area contributed by atoms with Crippen LogP contribution in [0.4, 0.5) is 0 Å². The number of benzene rings is 1. The number of rotatable bonds is 8. The minimum Gasteiger partial charge on any atom is -0.493 e. The van der Waals surface area contributed by atoms with Crippen molar-refractivity contribution >= 4 is 5.96 Å². The molecule has 6 heteroatoms. The van der Waals surface area contributed by atoms with Crippen molar-refractivity contribution in [2.45, 2.75) is 52.0 Å². The Balaban J connectivity index is 1.90. The molecule has 2 rings (SSSR count). The van der Waals surface area contributed by atoms with Gasteiger partial charge in [0.1, 0.15) is 0 Å². The van der Waals surface area contributed by atoms with Gasteiger partial charge in [0.2, 0.25) is 0 Å². The van der Waals surface area contributed by atoms with Gasteiger partial charge < -0.3 is 25.0 Å². The first kappa shape index (κ1) is 23.3. The molecule has 1 saturated heterocycles. The fourth-order valence-corrected chi connectivity index (χ4v) is 3.83. The van der Waals surface area contributed by atoms with Crippen LogP contribution in [0.2, 0.25) is 0 Å². The Morgan fingerprint density at radius 3 is 2.38 bits per heavy atom. The molecule has 1 aromatic carbocycles. The largest absolute Gasteiger partial charge is 0.493 e. The lowest BCUT2D eigenvalue weighted by atomic mass is 9.84. The summed E-state index contributed by atoms with van der Waals surface area (Å²) in [6.45, 7) is 13.3. The SMILES string of the molecule is CN=C(NCC(C)(C)c1ccc(OC)c(OC)c1)NC1CCN(CC(C)C)CC1. The molecule has 29 heavy (non-hydrogen) atoms. The van der Waals surface area contributed by atoms with E-state index < -0.39 is 0 Å². The molecule has 1 heterocycles. The van der Waals surface area contributed by atoms with E-state index in [1.807, 2.05) is 13.1 Å². The highest BCUT2D eigenvalue weighted by Gasteiger charge is 2.24. The van der Waals surface area contributed by atoms with Gasteiger partial charge in [-0.15, -0.1) is 0 Å². The number of hydrogen-bond acceptors (Lipinski definition) is 4. The van der Waals surface area contributed by atoms with Gasteiger partial charge in [-0.25, -0.2) is 0 Å². The molecule has 1 aromatic rings. The third-order valence-corrected chi connectivity index (χ3v) is 5.64. The molecule has 1 fully saturated rings. The van der Waals surface area contributed by atoms with E-state index in [9.17, 15) is 0 Å². The van der Waals surface area contributed by atoms with Crippen molar-refractivity contribution in [2.24, 2.45) is 10.9 Å². The molecule has 0 unspecified atom stereocenters. The van der Waals surface area contributed by atoms with Crippen LogP contribution in [0.15, 0.2) is 23.2 Å². The van der Waals surface area contributed by atoms with Crippen LogP contribution >= 0.6 is 0 Å². The maximum absolute atomic E-state index is 5.47. The minimum atomic E-state index is -0.0855. The normalized spacial score (nSPS) is 16.8. The summed E-state index contributed by atoms with van der Waals surface area (Å²) in [5.41, 5.74) is 1.11. The number of nitrogens with zero attached hydrogens (tertiary/aromatic N) is 2. The first-order valence-corrected chi connectivity index (χ1v) is 10.7. The molecule has 1 aliphatic rings. The predicted molar refractivity (Wildman–Crippen MR) is 121 cm³/mol. The summed E-state index contributed by atoms with van der Waals surface area (Å²) in [6.07, 6.45) is 2.32. The molecule has 0 atom stereocenters. The summed E-state index contributed by atoms with van der Waals surface area (Å²) >= 11 is 0. The van der Waals surface area contributed by atoms with Gasteiger partial charge in [0, 0.05) is 44.7 Å². The second kappa shape index (κ2) is 10.7. The topological polar surface area (TPSA) is 58.1 Å². The van der Waals surface area contributed by atoms with E-state index >= 15 is 0 Å². The van der Waals surface area contributed by atoms with Gasteiger partial charge in [0.25, 0.3) is 0 Å². The number of hydrogen-bond donors (Lipinski definition) is 2. The highest BCUT2D eigenvalue weighted by atomic mass is 16.5. The molecular formula is C23H40N4O2. The van der Waals surface area contributed by atoms with Crippen molar-refractivity contribution in [1.82, 2.24) is 15.5 Å². The summed E-state index contributed by atoms with van der Waals surface area (Å²) < 4.78 is 10.8. The Kier molecular flexibility index (Phi) is 8.62. The molecule has 0 aromatic heterocycles. The maximum Gasteiger partial charge on any atom is 0.191 e. The molecule has 0 saturated carbocycles. The first-order chi connectivity index (χ1) is 13.8. The number of ether oxygens (including phenoxy) is 2. The monoisotopic (exact) mass is 404 g/mol. The summed E-state index contributed by atoms with van der Waals surface area (Å²) in [6, 6.07) is 6.60. The van der Waals surface area contributed by atoms with Crippen LogP contribution in [0.3, 0.4) is 0 Å². The number of guanidine groups is 1. The lowest BCUT2D eigenvalue weighted by Crippen LogP contribution is -2.50. The van der Waals surface area contributed by atoms with Crippen molar-refractivity contribution < 1.29 is 9.47 Å². The molecule has 1 aliphatic heterocycles. The van der Waals surface area contributed by atoms with Gasteiger partial charge in [-0.2, -0.15) is 0 Å². The summed E-state index contributed by atoms with van der Waals surface area (Å²) in [7, 11) is 5.17. The van der Waals surface area contributed by atoms with E-state index in [1.54, 1.807) is 14.2 Å². The van der Waals surface area contributed by atoms with E-state index in [0.717, 1.165) is 55.9 Å². The zero-order chi connectivity index (χ0) is 21.4. The van der Waals surface area contributed by atoms with E-state index in [0.29, 0.717) is 6.04 Å². The summed E-state index contributed by atoms with van der Waals surface area (Å²) in [5, 5.41) is 7.13. The van der Waals surface area contributed by atoms with E-state index in [1.165, 1.54) is 12.1 Å². The summed E-state index contributed by atoms with van der Waals surface area (Å²) in [4.78, 5) is 7.01. The molecule has 0 bridgehead atoms. The number of likely N-dealkylation sites (tertiary alicyclic amines) is 1. The average Bonchev–Trinajstić information content (AvgIpc) is 2.71. The van der Waals surface area contributed by atoms with E-state index in [4.69, 9.17) is 9.47 Å². The van der Waals surface area contributed by atoms with Crippen molar-refractivity contribution in [2.75, 3.05) is 47.4 Å². The van der Waals surface area contributed by atoms with Gasteiger partial charge in [0.15, 0.2) is 17.5 Å². The highest BCUT2D eigenvalue weighted by molar-refractivity contribution is 5.80. The van der Waals surface area contributed by atoms with Crippen molar-refractivity contribution in [3.05, 3.63) is 23.8 Å². The minimum absolute atomic E-state index is 0.0855. The molecule has 164 valence electrons. The quantitative estimate of drug-likeness (QED) is 0.514. The smallest absolute Gasteiger partial charge is 0.191 e. The fourth-order valence-electron chi connectivity index (χ4n) is 3.83. The lowest BCUT2D eigenvalue weighted by Gasteiger charge is -2.34. The van der Waals surface area contributed by atoms with E-state index in [-0.39, 0.29) is 5.41 Å². The Morgan fingerprint density at radius 2 is 1.83 bits per heavy atom. The number of aliphatic imine (C=N–C) groups is 1. The fraction of sp³-hybridized carbons (Fsp3) is 0.696. The van der Waals surface area contributed by atoms with Gasteiger partial charge in [-0.1, -0.05) is 33.8 Å². The first-order valence-electron chi connectivity index (χ1n) is 10.7. The molecule has 0 aliphatic carbocycles. The zero-order valence-electron chi connectivity index (χ0n) is 19.3. The van der Waals surface area contributed by atoms with Gasteiger partial charge in [0.05, 0.1) is 14.2 Å².